The SMILES string of the molecule is CCOC(=O)c1csc(NCCSC(F)(F)F)n1. The number of rotatable bonds is 6. The lowest BCUT2D eigenvalue weighted by atomic mass is 10.5. The van der Waals surface area contributed by atoms with Gasteiger partial charge in [-0.05, 0) is 18.7 Å². The molecule has 0 saturated carbocycles. The fourth-order valence-electron chi connectivity index (χ4n) is 0.978. The van der Waals surface area contributed by atoms with E-state index < -0.39 is 11.5 Å². The van der Waals surface area contributed by atoms with Gasteiger partial charge in [0.2, 0.25) is 0 Å². The van der Waals surface area contributed by atoms with Crippen LogP contribution in [-0.4, -0.2) is 35.4 Å². The van der Waals surface area contributed by atoms with E-state index in [0.717, 1.165) is 11.3 Å². The van der Waals surface area contributed by atoms with Crippen molar-refractivity contribution in [2.24, 2.45) is 0 Å². The molecule has 0 fully saturated rings. The lowest BCUT2D eigenvalue weighted by Crippen LogP contribution is -2.10. The Kier molecular flexibility index (Phi) is 5.73. The minimum absolute atomic E-state index is 0.103. The van der Waals surface area contributed by atoms with Gasteiger partial charge >= 0.3 is 11.5 Å². The third kappa shape index (κ3) is 5.58. The minimum atomic E-state index is -4.22. The van der Waals surface area contributed by atoms with Gasteiger partial charge in [0.25, 0.3) is 0 Å². The first-order chi connectivity index (χ1) is 8.42. The summed E-state index contributed by atoms with van der Waals surface area (Å²) in [7, 11) is 0. The zero-order valence-corrected chi connectivity index (χ0v) is 11.0. The van der Waals surface area contributed by atoms with Crippen molar-refractivity contribution in [1.29, 1.82) is 0 Å². The van der Waals surface area contributed by atoms with E-state index in [4.69, 9.17) is 4.74 Å². The number of ether oxygens (including phenoxy) is 1. The summed E-state index contributed by atoms with van der Waals surface area (Å²) in [6.07, 6.45) is 0. The topological polar surface area (TPSA) is 51.2 Å². The average molecular weight is 300 g/mol. The molecule has 1 rings (SSSR count). The van der Waals surface area contributed by atoms with E-state index in [1.165, 1.54) is 5.38 Å². The van der Waals surface area contributed by atoms with Crippen molar-refractivity contribution in [1.82, 2.24) is 4.98 Å². The normalized spacial score (nSPS) is 11.3. The highest BCUT2D eigenvalue weighted by atomic mass is 32.2. The molecule has 102 valence electrons. The highest BCUT2D eigenvalue weighted by Gasteiger charge is 2.27. The second kappa shape index (κ2) is 6.83. The Labute approximate surface area is 110 Å². The number of nitrogens with one attached hydrogen (secondary N) is 1. The van der Waals surface area contributed by atoms with Crippen molar-refractivity contribution in [2.75, 3.05) is 24.2 Å². The number of carbonyl (C=O) groups is 1. The molecule has 0 atom stereocenters. The molecular weight excluding hydrogens is 289 g/mol. The Morgan fingerprint density at radius 1 is 1.61 bits per heavy atom. The summed E-state index contributed by atoms with van der Waals surface area (Å²) in [5.41, 5.74) is -4.06. The highest BCUT2D eigenvalue weighted by molar-refractivity contribution is 8.00. The molecule has 9 heteroatoms. The van der Waals surface area contributed by atoms with Gasteiger partial charge in [-0.3, -0.25) is 0 Å². The smallest absolute Gasteiger partial charge is 0.441 e. The van der Waals surface area contributed by atoms with Crippen LogP contribution < -0.4 is 5.32 Å². The summed E-state index contributed by atoms with van der Waals surface area (Å²) >= 11 is 1.04. The van der Waals surface area contributed by atoms with Crippen LogP contribution >= 0.6 is 23.1 Å². The van der Waals surface area contributed by atoms with Gasteiger partial charge in [0.05, 0.1) is 6.61 Å². The molecule has 4 nitrogen and oxygen atoms in total. The van der Waals surface area contributed by atoms with Crippen molar-refractivity contribution in [3.8, 4) is 0 Å². The molecule has 0 unspecified atom stereocenters. The van der Waals surface area contributed by atoms with Gasteiger partial charge in [-0.25, -0.2) is 9.78 Å². The number of alkyl halides is 3. The molecule has 1 aromatic heterocycles. The maximum atomic E-state index is 11.8. The molecule has 0 aromatic carbocycles. The third-order valence-corrected chi connectivity index (χ3v) is 3.17. The standard InChI is InChI=1S/C9H11F3N2O2S2/c1-2-16-7(15)6-5-17-8(14-6)13-3-4-18-9(10,11)12/h5H,2-4H2,1H3,(H,13,14). The van der Waals surface area contributed by atoms with Crippen molar-refractivity contribution in [3.05, 3.63) is 11.1 Å². The van der Waals surface area contributed by atoms with Crippen molar-refractivity contribution in [3.63, 3.8) is 0 Å². The van der Waals surface area contributed by atoms with Crippen molar-refractivity contribution < 1.29 is 22.7 Å². The van der Waals surface area contributed by atoms with Crippen molar-refractivity contribution in [2.45, 2.75) is 12.4 Å². The first-order valence-electron chi connectivity index (χ1n) is 4.99. The third-order valence-electron chi connectivity index (χ3n) is 1.63. The first-order valence-corrected chi connectivity index (χ1v) is 6.86. The van der Waals surface area contributed by atoms with E-state index >= 15 is 0 Å². The van der Waals surface area contributed by atoms with E-state index in [1.54, 1.807) is 6.92 Å². The monoisotopic (exact) mass is 300 g/mol. The molecule has 0 saturated heterocycles. The second-order valence-electron chi connectivity index (χ2n) is 2.98. The minimum Gasteiger partial charge on any atom is -0.461 e. The Bertz CT molecular complexity index is 395. The first kappa shape index (κ1) is 15.1. The number of hydrogen-bond acceptors (Lipinski definition) is 6. The maximum absolute atomic E-state index is 11.8. The number of carbonyl (C=O) groups excluding carboxylic acids is 1. The number of hydrogen-bond donors (Lipinski definition) is 1. The molecule has 0 bridgehead atoms. The van der Waals surface area contributed by atoms with Gasteiger partial charge in [0, 0.05) is 17.7 Å². The molecule has 0 aliphatic heterocycles. The zero-order chi connectivity index (χ0) is 13.6. The molecule has 1 aromatic rings. The average Bonchev–Trinajstić information content (AvgIpc) is 2.72. The van der Waals surface area contributed by atoms with E-state index in [-0.39, 0.29) is 36.4 Å². The summed E-state index contributed by atoms with van der Waals surface area (Å²) in [4.78, 5) is 15.2. The Hall–Kier alpha value is -0.960. The van der Waals surface area contributed by atoms with Gasteiger partial charge in [0.15, 0.2) is 10.8 Å². The van der Waals surface area contributed by atoms with E-state index in [2.05, 4.69) is 10.3 Å². The maximum Gasteiger partial charge on any atom is 0.441 e. The van der Waals surface area contributed by atoms with Gasteiger partial charge in [-0.1, -0.05) is 0 Å². The molecule has 1 N–H and O–H groups in total. The largest absolute Gasteiger partial charge is 0.461 e. The summed E-state index contributed by atoms with van der Waals surface area (Å²) in [6.45, 7) is 2.05. The van der Waals surface area contributed by atoms with Crippen molar-refractivity contribution >= 4 is 34.2 Å². The fraction of sp³-hybridized carbons (Fsp3) is 0.556. The predicted octanol–water partition coefficient (Wildman–Crippen LogP) is 2.98. The zero-order valence-electron chi connectivity index (χ0n) is 9.41. The molecule has 0 spiro atoms. The van der Waals surface area contributed by atoms with Gasteiger partial charge < -0.3 is 10.1 Å². The Balaban J connectivity index is 2.33. The number of anilines is 1. The molecular formula is C9H11F3N2O2S2. The van der Waals surface area contributed by atoms with E-state index in [1.807, 2.05) is 0 Å². The molecule has 0 radical (unpaired) electrons. The Morgan fingerprint density at radius 2 is 2.33 bits per heavy atom. The number of halogens is 3. The van der Waals surface area contributed by atoms with Crippen LogP contribution in [0.2, 0.25) is 0 Å². The lowest BCUT2D eigenvalue weighted by Gasteiger charge is -2.05. The molecule has 0 amide bonds. The van der Waals surface area contributed by atoms with E-state index in [9.17, 15) is 18.0 Å². The van der Waals surface area contributed by atoms with Crippen LogP contribution in [-0.2, 0) is 4.74 Å². The van der Waals surface area contributed by atoms with Gasteiger partial charge in [-0.2, -0.15) is 13.2 Å². The molecule has 0 aliphatic carbocycles. The number of aromatic nitrogens is 1. The Morgan fingerprint density at radius 3 is 2.94 bits per heavy atom. The van der Waals surface area contributed by atoms with Gasteiger partial charge in [0.1, 0.15) is 0 Å². The molecule has 18 heavy (non-hydrogen) atoms. The number of thiazole rings is 1. The van der Waals surface area contributed by atoms with E-state index in [0.29, 0.717) is 5.13 Å². The fourth-order valence-corrected chi connectivity index (χ4v) is 2.12. The quantitative estimate of drug-likeness (QED) is 0.646. The summed E-state index contributed by atoms with van der Waals surface area (Å²) in [5.74, 6) is -0.649. The summed E-state index contributed by atoms with van der Waals surface area (Å²) in [6, 6.07) is 0. The van der Waals surface area contributed by atoms with Crippen LogP contribution in [0.4, 0.5) is 18.3 Å². The summed E-state index contributed by atoms with van der Waals surface area (Å²) in [5, 5.41) is 4.61. The summed E-state index contributed by atoms with van der Waals surface area (Å²) < 4.78 is 40.2. The van der Waals surface area contributed by atoms with Crippen LogP contribution in [0.15, 0.2) is 5.38 Å². The number of esters is 1. The van der Waals surface area contributed by atoms with Crippen LogP contribution in [0.1, 0.15) is 17.4 Å². The number of thioether (sulfide) groups is 1. The van der Waals surface area contributed by atoms with Crippen LogP contribution in [0.5, 0.6) is 0 Å². The predicted molar refractivity (Wildman–Crippen MR) is 65.1 cm³/mol. The lowest BCUT2D eigenvalue weighted by molar-refractivity contribution is -0.0327. The number of nitrogens with zero attached hydrogens (tertiary/aromatic N) is 1. The molecule has 0 aliphatic rings. The van der Waals surface area contributed by atoms with Gasteiger partial charge in [-0.15, -0.1) is 11.3 Å². The second-order valence-corrected chi connectivity index (χ2v) is 5.00. The van der Waals surface area contributed by atoms with Crippen LogP contribution in [0, 0.1) is 0 Å². The highest BCUT2D eigenvalue weighted by Crippen LogP contribution is 2.29. The molecule has 1 heterocycles. The van der Waals surface area contributed by atoms with Crippen LogP contribution in [0.3, 0.4) is 0 Å². The van der Waals surface area contributed by atoms with Crippen LogP contribution in [0.25, 0.3) is 0 Å².